The Morgan fingerprint density at radius 2 is 2.00 bits per heavy atom. The molecule has 1 heterocycles. The lowest BCUT2D eigenvalue weighted by atomic mass is 10.0. The monoisotopic (exact) mass is 301 g/mol. The average Bonchev–Trinajstić information content (AvgIpc) is 2.40. The van der Waals surface area contributed by atoms with Crippen LogP contribution in [0.25, 0.3) is 0 Å². The number of thiocarbonyl (C=S) groups is 1. The van der Waals surface area contributed by atoms with Gasteiger partial charge >= 0.3 is 6.09 Å². The minimum atomic E-state index is -0.409. The molecule has 6 nitrogen and oxygen atoms in total. The van der Waals surface area contributed by atoms with Gasteiger partial charge in [-0.2, -0.15) is 0 Å². The first-order chi connectivity index (χ1) is 9.49. The van der Waals surface area contributed by atoms with Crippen molar-refractivity contribution in [2.75, 3.05) is 19.7 Å². The fourth-order valence-electron chi connectivity index (χ4n) is 2.24. The average molecular weight is 301 g/mol. The third-order valence-corrected chi connectivity index (χ3v) is 3.72. The molecule has 0 spiro atoms. The number of carbonyl (C=O) groups excluding carboxylic acids is 2. The summed E-state index contributed by atoms with van der Waals surface area (Å²) in [5, 5.41) is 2.96. The summed E-state index contributed by atoms with van der Waals surface area (Å²) in [6, 6.07) is 0.0663. The lowest BCUT2D eigenvalue weighted by Crippen LogP contribution is -2.49. The van der Waals surface area contributed by atoms with Crippen LogP contribution in [0.3, 0.4) is 0 Å². The molecular formula is C13H23N3O3S. The van der Waals surface area contributed by atoms with Crippen molar-refractivity contribution in [3.8, 4) is 0 Å². The van der Waals surface area contributed by atoms with Crippen LogP contribution in [0.2, 0.25) is 0 Å². The van der Waals surface area contributed by atoms with Gasteiger partial charge in [0.2, 0.25) is 5.91 Å². The van der Waals surface area contributed by atoms with Crippen molar-refractivity contribution in [2.24, 2.45) is 11.7 Å². The van der Waals surface area contributed by atoms with Gasteiger partial charge in [0.25, 0.3) is 0 Å². The zero-order valence-electron chi connectivity index (χ0n) is 12.1. The number of ether oxygens (including phenoxy) is 1. The smallest absolute Gasteiger partial charge is 0.409 e. The molecule has 1 saturated heterocycles. The summed E-state index contributed by atoms with van der Waals surface area (Å²) >= 11 is 4.89. The van der Waals surface area contributed by atoms with Crippen LogP contribution in [0.5, 0.6) is 0 Å². The van der Waals surface area contributed by atoms with Gasteiger partial charge in [0.1, 0.15) is 0 Å². The number of amides is 2. The predicted octanol–water partition coefficient (Wildman–Crippen LogP) is 1.04. The van der Waals surface area contributed by atoms with Crippen molar-refractivity contribution < 1.29 is 14.3 Å². The maximum absolute atomic E-state index is 12.0. The Morgan fingerprint density at radius 3 is 2.45 bits per heavy atom. The third-order valence-electron chi connectivity index (χ3n) is 3.44. The number of piperidine rings is 1. The number of nitrogens with zero attached hydrogens (tertiary/aromatic N) is 1. The maximum atomic E-state index is 12.0. The zero-order valence-corrected chi connectivity index (χ0v) is 12.9. The Hall–Kier alpha value is -1.37. The van der Waals surface area contributed by atoms with Gasteiger partial charge in [0, 0.05) is 19.1 Å². The van der Waals surface area contributed by atoms with Crippen LogP contribution < -0.4 is 11.1 Å². The Morgan fingerprint density at radius 1 is 1.40 bits per heavy atom. The Balaban J connectivity index is 2.40. The first-order valence-electron chi connectivity index (χ1n) is 7.00. The van der Waals surface area contributed by atoms with Crippen molar-refractivity contribution in [3.63, 3.8) is 0 Å². The van der Waals surface area contributed by atoms with E-state index in [4.69, 9.17) is 22.7 Å². The first kappa shape index (κ1) is 16.7. The molecule has 0 aromatic rings. The van der Waals surface area contributed by atoms with Crippen molar-refractivity contribution >= 4 is 29.2 Å². The fraction of sp³-hybridized carbons (Fsp3) is 0.769. The van der Waals surface area contributed by atoms with Crippen LogP contribution in [0.1, 0.15) is 33.1 Å². The van der Waals surface area contributed by atoms with Gasteiger partial charge in [0.05, 0.1) is 17.5 Å². The van der Waals surface area contributed by atoms with Gasteiger partial charge in [-0.3, -0.25) is 4.79 Å². The maximum Gasteiger partial charge on any atom is 0.409 e. The molecule has 1 aliphatic heterocycles. The lowest BCUT2D eigenvalue weighted by molar-refractivity contribution is -0.124. The third kappa shape index (κ3) is 4.63. The number of hydrogen-bond acceptors (Lipinski definition) is 4. The number of nitrogens with one attached hydrogen (secondary N) is 1. The Bertz CT molecular complexity index is 368. The van der Waals surface area contributed by atoms with Crippen LogP contribution in [0, 0.1) is 5.92 Å². The van der Waals surface area contributed by atoms with Crippen LogP contribution in [-0.4, -0.2) is 47.6 Å². The molecule has 114 valence electrons. The molecule has 0 radical (unpaired) electrons. The van der Waals surface area contributed by atoms with E-state index in [0.717, 1.165) is 12.8 Å². The topological polar surface area (TPSA) is 84.7 Å². The van der Waals surface area contributed by atoms with E-state index in [1.807, 2.05) is 6.92 Å². The summed E-state index contributed by atoms with van der Waals surface area (Å²) in [7, 11) is 0. The van der Waals surface area contributed by atoms with E-state index < -0.39 is 5.92 Å². The van der Waals surface area contributed by atoms with Gasteiger partial charge in [-0.15, -0.1) is 0 Å². The van der Waals surface area contributed by atoms with Crippen LogP contribution in [-0.2, 0) is 9.53 Å². The van der Waals surface area contributed by atoms with Crippen molar-refractivity contribution in [2.45, 2.75) is 39.2 Å². The molecule has 0 bridgehead atoms. The first-order valence-corrected chi connectivity index (χ1v) is 7.41. The Kier molecular flexibility index (Phi) is 6.70. The molecule has 7 heteroatoms. The van der Waals surface area contributed by atoms with E-state index >= 15 is 0 Å². The second-order valence-corrected chi connectivity index (χ2v) is 5.30. The summed E-state index contributed by atoms with van der Waals surface area (Å²) in [5.41, 5.74) is 5.55. The van der Waals surface area contributed by atoms with E-state index in [2.05, 4.69) is 5.32 Å². The second-order valence-electron chi connectivity index (χ2n) is 4.83. The summed E-state index contributed by atoms with van der Waals surface area (Å²) in [5.74, 6) is -0.525. The van der Waals surface area contributed by atoms with E-state index in [1.54, 1.807) is 11.8 Å². The summed E-state index contributed by atoms with van der Waals surface area (Å²) in [4.78, 5) is 25.5. The highest BCUT2D eigenvalue weighted by Gasteiger charge is 2.27. The normalized spacial score (nSPS) is 17.4. The highest BCUT2D eigenvalue weighted by molar-refractivity contribution is 7.80. The number of rotatable bonds is 5. The number of carbonyl (C=O) groups is 2. The minimum Gasteiger partial charge on any atom is -0.450 e. The van der Waals surface area contributed by atoms with Crippen LogP contribution in [0.15, 0.2) is 0 Å². The quantitative estimate of drug-likeness (QED) is 0.741. The Labute approximate surface area is 125 Å². The van der Waals surface area contributed by atoms with E-state index in [-0.39, 0.29) is 23.0 Å². The zero-order chi connectivity index (χ0) is 15.1. The molecule has 3 N–H and O–H groups in total. The summed E-state index contributed by atoms with van der Waals surface area (Å²) in [6.45, 7) is 5.22. The van der Waals surface area contributed by atoms with E-state index in [1.165, 1.54) is 0 Å². The minimum absolute atomic E-state index is 0.0663. The van der Waals surface area contributed by atoms with Crippen LogP contribution >= 0.6 is 12.2 Å². The molecule has 0 saturated carbocycles. The number of nitrogens with two attached hydrogens (primary N) is 1. The molecule has 0 aliphatic carbocycles. The highest BCUT2D eigenvalue weighted by atomic mass is 32.1. The van der Waals surface area contributed by atoms with Crippen molar-refractivity contribution in [3.05, 3.63) is 0 Å². The molecule has 20 heavy (non-hydrogen) atoms. The van der Waals surface area contributed by atoms with Crippen molar-refractivity contribution in [1.82, 2.24) is 10.2 Å². The molecule has 1 atom stereocenters. The standard InChI is InChI=1S/C13H23N3O3S/c1-3-10(11(14)20)12(17)15-9-5-7-16(8-6-9)13(18)19-4-2/h9-10H,3-8H2,1-2H3,(H2,14,20)(H,15,17). The summed E-state index contributed by atoms with van der Waals surface area (Å²) in [6.07, 6.45) is 1.76. The van der Waals surface area contributed by atoms with E-state index in [9.17, 15) is 9.59 Å². The van der Waals surface area contributed by atoms with E-state index in [0.29, 0.717) is 26.1 Å². The molecule has 1 rings (SSSR count). The van der Waals surface area contributed by atoms with Gasteiger partial charge in [-0.05, 0) is 26.2 Å². The molecular weight excluding hydrogens is 278 g/mol. The largest absolute Gasteiger partial charge is 0.450 e. The molecule has 1 aliphatic rings. The van der Waals surface area contributed by atoms with Crippen LogP contribution in [0.4, 0.5) is 4.79 Å². The predicted molar refractivity (Wildman–Crippen MR) is 80.3 cm³/mol. The van der Waals surface area contributed by atoms with Gasteiger partial charge in [-0.25, -0.2) is 4.79 Å². The molecule has 0 aromatic heterocycles. The highest BCUT2D eigenvalue weighted by Crippen LogP contribution is 2.13. The lowest BCUT2D eigenvalue weighted by Gasteiger charge is -2.32. The van der Waals surface area contributed by atoms with Gasteiger partial charge in [0.15, 0.2) is 0 Å². The number of likely N-dealkylation sites (tertiary alicyclic amines) is 1. The summed E-state index contributed by atoms with van der Waals surface area (Å²) < 4.78 is 4.95. The second kappa shape index (κ2) is 8.04. The molecule has 1 unspecified atom stereocenters. The molecule has 2 amide bonds. The van der Waals surface area contributed by atoms with Crippen molar-refractivity contribution in [1.29, 1.82) is 0 Å². The van der Waals surface area contributed by atoms with Gasteiger partial charge < -0.3 is 20.7 Å². The molecule has 1 fully saturated rings. The molecule has 0 aromatic carbocycles. The number of hydrogen-bond donors (Lipinski definition) is 2. The van der Waals surface area contributed by atoms with Gasteiger partial charge in [-0.1, -0.05) is 19.1 Å². The SMILES string of the molecule is CCOC(=O)N1CCC(NC(=O)C(CC)C(N)=S)CC1. The fourth-order valence-corrected chi connectivity index (χ4v) is 2.51.